The molecule has 1 aliphatic carbocycles. The van der Waals surface area contributed by atoms with Crippen molar-refractivity contribution in [2.24, 2.45) is 5.92 Å². The standard InChI is InChI=1S/C65H62N4O.Pt/c1-41(2)32-42-20-18-29-57-62(42)68(47-34-44(64(6,7)8)33-45(35-47)65(9,10)11)40-67(57)46-21-19-22-48(37-46)70-49-38-55(60-52-25-14-12-23-50(52)51-24-13-15-26-53(51)60)61-54-27-16-17-28-56(54)69(58(61)39-49)59-36-43(30-31-66-59)63(3,4)5;/h12-31,33-36,38,41,60H,32H2,1-11H3;/q;+2/i12D,13D,14D,15D,23D,24D,25D,26D,32D2;. The number of benzene rings is 7. The Morgan fingerprint density at radius 3 is 2.00 bits per heavy atom. The minimum absolute atomic E-state index is 0. The van der Waals surface area contributed by atoms with Crippen LogP contribution in [0.4, 0.5) is 22.7 Å². The first kappa shape index (κ1) is 37.2. The summed E-state index contributed by atoms with van der Waals surface area (Å²) in [7, 11) is 0. The van der Waals surface area contributed by atoms with E-state index in [0.717, 1.165) is 33.3 Å². The third-order valence-corrected chi connectivity index (χ3v) is 13.3. The van der Waals surface area contributed by atoms with E-state index in [0.29, 0.717) is 44.9 Å². The molecule has 11 rings (SSSR count). The smallest absolute Gasteiger partial charge is 0.509 e. The Morgan fingerprint density at radius 2 is 1.34 bits per heavy atom. The van der Waals surface area contributed by atoms with Gasteiger partial charge in [0.15, 0.2) is 0 Å². The molecule has 0 spiro atoms. The molecule has 0 fully saturated rings. The van der Waals surface area contributed by atoms with Gasteiger partial charge in [-0.15, -0.1) is 23.8 Å². The van der Waals surface area contributed by atoms with E-state index in [1.165, 1.54) is 0 Å². The average molecular weight is 1120 g/mol. The molecule has 1 aliphatic heterocycles. The monoisotopic (exact) mass is 1120 g/mol. The van der Waals surface area contributed by atoms with Gasteiger partial charge in [-0.1, -0.05) is 189 Å². The van der Waals surface area contributed by atoms with Gasteiger partial charge >= 0.3 is 32.8 Å². The maximum atomic E-state index is 9.51. The van der Waals surface area contributed by atoms with Crippen molar-refractivity contribution in [2.45, 2.75) is 105 Å². The molecule has 5 nitrogen and oxygen atoms in total. The predicted molar refractivity (Wildman–Crippen MR) is 291 cm³/mol. The van der Waals surface area contributed by atoms with Crippen molar-refractivity contribution in [3.05, 3.63) is 203 Å². The molecule has 2 aromatic heterocycles. The van der Waals surface area contributed by atoms with Crippen LogP contribution >= 0.6 is 0 Å². The Morgan fingerprint density at radius 1 is 0.690 bits per heavy atom. The van der Waals surface area contributed by atoms with Crippen LogP contribution in [0, 0.1) is 18.1 Å². The van der Waals surface area contributed by atoms with Crippen molar-refractivity contribution < 1.29 is 39.5 Å². The first-order chi connectivity index (χ1) is 37.5. The summed E-state index contributed by atoms with van der Waals surface area (Å²) in [5.74, 6) is -0.460. The fraction of sp³-hybridized carbons (Fsp3) is 0.262. The number of ether oxygens (including phenoxy) is 1. The van der Waals surface area contributed by atoms with Gasteiger partial charge in [0.25, 0.3) is 5.69 Å². The first-order valence-electron chi connectivity index (χ1n) is 29.0. The maximum absolute atomic E-state index is 9.51. The van der Waals surface area contributed by atoms with E-state index >= 15 is 0 Å². The van der Waals surface area contributed by atoms with Crippen LogP contribution in [0.25, 0.3) is 38.8 Å². The minimum Gasteiger partial charge on any atom is -0.509 e. The van der Waals surface area contributed by atoms with Gasteiger partial charge in [-0.05, 0) is 95.6 Å². The number of rotatable bonds is 8. The summed E-state index contributed by atoms with van der Waals surface area (Å²) < 4.78 is 105. The Balaban J connectivity index is 0.00000736. The van der Waals surface area contributed by atoms with Gasteiger partial charge in [-0.2, -0.15) is 6.07 Å². The number of hydrogen-bond acceptors (Lipinski definition) is 2. The number of fused-ring (bicyclic) bond motifs is 7. The van der Waals surface area contributed by atoms with Gasteiger partial charge in [0.05, 0.1) is 11.0 Å². The molecule has 9 aromatic rings. The molecule has 3 heterocycles. The van der Waals surface area contributed by atoms with E-state index in [4.69, 9.17) is 15.2 Å². The van der Waals surface area contributed by atoms with Gasteiger partial charge < -0.3 is 9.30 Å². The fourth-order valence-electron chi connectivity index (χ4n) is 9.77. The molecule has 2 aliphatic rings. The molecule has 0 N–H and O–H groups in total. The third kappa shape index (κ3) is 8.62. The molecule has 7 aromatic carbocycles. The van der Waals surface area contributed by atoms with Crippen molar-refractivity contribution >= 4 is 50.6 Å². The SMILES string of the molecule is [2H]c1c([2H])c([2H])c2c(c1[2H])-c1c([2H])c([2H])c([2H])c([2H])c1C2c1cc(Oc2[c-]c([N+]3=C=[N+](c4cc(C(C)(C)C)cc(C(C)(C)C)c4)c4c3cccc4C([2H])([2H])C(C)C)ccc2)[c-]c2c1c1ccccc1n2-c1cc(C(C)(C)C)ccn1.[Pt+2]. The molecule has 0 saturated heterocycles. The molecule has 356 valence electrons. The second-order valence-electron chi connectivity index (χ2n) is 21.8. The van der Waals surface area contributed by atoms with Gasteiger partial charge in [0, 0.05) is 55.6 Å². The molecule has 0 amide bonds. The molecule has 0 radical (unpaired) electrons. The summed E-state index contributed by atoms with van der Waals surface area (Å²) >= 11 is 0. The van der Waals surface area contributed by atoms with Crippen molar-refractivity contribution in [3.63, 3.8) is 0 Å². The summed E-state index contributed by atoms with van der Waals surface area (Å²) in [6, 6.07) is 38.5. The number of pyridine rings is 1. The van der Waals surface area contributed by atoms with E-state index < -0.39 is 48.5 Å². The number of nitrogens with zero attached hydrogens (tertiary/aromatic N) is 4. The molecule has 0 saturated carbocycles. The first-order valence-corrected chi connectivity index (χ1v) is 24.0. The molecule has 0 bridgehead atoms. The van der Waals surface area contributed by atoms with Crippen molar-refractivity contribution in [3.8, 4) is 28.4 Å². The van der Waals surface area contributed by atoms with Crippen molar-refractivity contribution in [1.82, 2.24) is 18.7 Å². The van der Waals surface area contributed by atoms with Gasteiger partial charge in [0.1, 0.15) is 11.5 Å². The van der Waals surface area contributed by atoms with Crippen LogP contribution in [0.2, 0.25) is 0 Å². The second-order valence-corrected chi connectivity index (χ2v) is 21.8. The molecule has 71 heavy (non-hydrogen) atoms. The van der Waals surface area contributed by atoms with Crippen LogP contribution in [0.5, 0.6) is 11.5 Å². The van der Waals surface area contributed by atoms with E-state index in [9.17, 15) is 8.22 Å². The zero-order valence-corrected chi connectivity index (χ0v) is 44.3. The van der Waals surface area contributed by atoms with Gasteiger partial charge in [-0.3, -0.25) is 0 Å². The van der Waals surface area contributed by atoms with Crippen molar-refractivity contribution in [1.29, 1.82) is 0 Å². The van der Waals surface area contributed by atoms with Crippen LogP contribution in [-0.2, 0) is 43.7 Å². The maximum Gasteiger partial charge on any atom is 2.00 e. The normalized spacial score (nSPS) is 15.7. The molecule has 0 unspecified atom stereocenters. The zero-order valence-electron chi connectivity index (χ0n) is 52.0. The molecular weight excluding hydrogens is 1050 g/mol. The van der Waals surface area contributed by atoms with E-state index in [-0.39, 0.29) is 89.1 Å². The van der Waals surface area contributed by atoms with Crippen LogP contribution in [0.3, 0.4) is 0 Å². The molecule has 0 atom stereocenters. The summed E-state index contributed by atoms with van der Waals surface area (Å²) in [5.41, 5.74) is 7.88. The van der Waals surface area contributed by atoms with Gasteiger partial charge in [0.2, 0.25) is 5.69 Å². The van der Waals surface area contributed by atoms with Crippen LogP contribution < -0.4 is 13.9 Å². The summed E-state index contributed by atoms with van der Waals surface area (Å²) in [6.07, 6.45) is 0.0388. The zero-order chi connectivity index (χ0) is 57.6. The predicted octanol–water partition coefficient (Wildman–Crippen LogP) is 16.7. The summed E-state index contributed by atoms with van der Waals surface area (Å²) in [6.45, 7) is 23.3. The fourth-order valence-corrected chi connectivity index (χ4v) is 9.77. The quantitative estimate of drug-likeness (QED) is 0.112. The summed E-state index contributed by atoms with van der Waals surface area (Å²) in [4.78, 5) is 4.92. The molecular formula is C65H62N4OPt+2. The number of para-hydroxylation sites is 2. The van der Waals surface area contributed by atoms with E-state index in [1.54, 1.807) is 18.3 Å². The second kappa shape index (κ2) is 17.9. The third-order valence-electron chi connectivity index (χ3n) is 13.3. The van der Waals surface area contributed by atoms with Crippen LogP contribution in [0.1, 0.15) is 135 Å². The topological polar surface area (TPSA) is 33.1 Å². The van der Waals surface area contributed by atoms with E-state index in [1.807, 2.05) is 94.3 Å². The Bertz CT molecular complexity index is 4110. The minimum atomic E-state index is -1.73. The van der Waals surface area contributed by atoms with Gasteiger partial charge in [-0.25, -0.2) is 4.98 Å². The van der Waals surface area contributed by atoms with Crippen LogP contribution in [-0.4, -0.2) is 15.6 Å². The van der Waals surface area contributed by atoms with Crippen molar-refractivity contribution in [2.75, 3.05) is 0 Å². The Labute approximate surface area is 448 Å². The Kier molecular flexibility index (Phi) is 9.37. The average Bonchev–Trinajstić information content (AvgIpc) is 4.13. The summed E-state index contributed by atoms with van der Waals surface area (Å²) in [5, 5.41) is 1.37. The Hall–Kier alpha value is -6.64. The molecule has 6 heteroatoms. The van der Waals surface area contributed by atoms with Crippen LogP contribution in [0.15, 0.2) is 152 Å². The van der Waals surface area contributed by atoms with E-state index in [2.05, 4.69) is 98.7 Å². The number of hydrogen-bond donors (Lipinski definition) is 0. The largest absolute Gasteiger partial charge is 2.00 e. The number of aromatic nitrogens is 2.